The number of halogens is 1. The summed E-state index contributed by atoms with van der Waals surface area (Å²) in [5.41, 5.74) is 0. The van der Waals surface area contributed by atoms with Crippen molar-refractivity contribution in [2.24, 2.45) is 0 Å². The standard InChI is InChI=1S/C11H23ClN2O/c1-13(2)10-11-4-3-6-14(11)7-9-15-8-5-12/h11H,3-10H2,1-2H3. The Morgan fingerprint density at radius 1 is 1.40 bits per heavy atom. The summed E-state index contributed by atoms with van der Waals surface area (Å²) >= 11 is 5.55. The molecule has 4 heteroatoms. The second kappa shape index (κ2) is 7.44. The lowest BCUT2D eigenvalue weighted by Gasteiger charge is -2.26. The zero-order valence-electron chi connectivity index (χ0n) is 9.91. The van der Waals surface area contributed by atoms with Crippen LogP contribution < -0.4 is 0 Å². The second-order valence-corrected chi connectivity index (χ2v) is 4.77. The molecule has 0 spiro atoms. The fourth-order valence-electron chi connectivity index (χ4n) is 2.16. The van der Waals surface area contributed by atoms with Gasteiger partial charge in [0.05, 0.1) is 13.2 Å². The highest BCUT2D eigenvalue weighted by molar-refractivity contribution is 6.17. The number of ether oxygens (including phenoxy) is 1. The Kier molecular flexibility index (Phi) is 6.57. The highest BCUT2D eigenvalue weighted by atomic mass is 35.5. The van der Waals surface area contributed by atoms with Crippen molar-refractivity contribution < 1.29 is 4.74 Å². The van der Waals surface area contributed by atoms with E-state index in [0.717, 1.165) is 25.7 Å². The Labute approximate surface area is 98.3 Å². The summed E-state index contributed by atoms with van der Waals surface area (Å²) in [6.07, 6.45) is 2.65. The Balaban J connectivity index is 2.15. The van der Waals surface area contributed by atoms with Crippen LogP contribution in [0.5, 0.6) is 0 Å². The molecule has 0 aromatic heterocycles. The van der Waals surface area contributed by atoms with E-state index in [0.29, 0.717) is 12.5 Å². The number of alkyl halides is 1. The van der Waals surface area contributed by atoms with Gasteiger partial charge in [-0.25, -0.2) is 0 Å². The molecule has 1 aliphatic heterocycles. The Hall–Kier alpha value is 0.170. The smallest absolute Gasteiger partial charge is 0.0602 e. The van der Waals surface area contributed by atoms with Crippen LogP contribution in [0.3, 0.4) is 0 Å². The maximum Gasteiger partial charge on any atom is 0.0602 e. The van der Waals surface area contributed by atoms with Gasteiger partial charge in [0.1, 0.15) is 0 Å². The molecule has 1 unspecified atom stereocenters. The van der Waals surface area contributed by atoms with Crippen molar-refractivity contribution in [3.8, 4) is 0 Å². The van der Waals surface area contributed by atoms with Crippen molar-refractivity contribution in [1.82, 2.24) is 9.80 Å². The van der Waals surface area contributed by atoms with Crippen molar-refractivity contribution in [3.05, 3.63) is 0 Å². The number of likely N-dealkylation sites (N-methyl/N-ethyl adjacent to an activating group) is 1. The topological polar surface area (TPSA) is 15.7 Å². The second-order valence-electron chi connectivity index (χ2n) is 4.40. The molecule has 15 heavy (non-hydrogen) atoms. The normalized spacial score (nSPS) is 22.8. The lowest BCUT2D eigenvalue weighted by molar-refractivity contribution is 0.104. The summed E-state index contributed by atoms with van der Waals surface area (Å²) in [5.74, 6) is 0.598. The van der Waals surface area contributed by atoms with Crippen molar-refractivity contribution in [2.75, 3.05) is 52.8 Å². The summed E-state index contributed by atoms with van der Waals surface area (Å²) < 4.78 is 5.41. The van der Waals surface area contributed by atoms with Crippen LogP contribution in [0.15, 0.2) is 0 Å². The highest BCUT2D eigenvalue weighted by Crippen LogP contribution is 2.16. The lowest BCUT2D eigenvalue weighted by atomic mass is 10.2. The molecule has 0 bridgehead atoms. The zero-order valence-corrected chi connectivity index (χ0v) is 10.7. The quantitative estimate of drug-likeness (QED) is 0.488. The Bertz CT molecular complexity index is 167. The molecule has 1 heterocycles. The zero-order chi connectivity index (χ0) is 11.1. The van der Waals surface area contributed by atoms with Gasteiger partial charge in [0.2, 0.25) is 0 Å². The third-order valence-electron chi connectivity index (χ3n) is 2.82. The number of rotatable bonds is 7. The molecular formula is C11H23ClN2O. The molecule has 3 nitrogen and oxygen atoms in total. The van der Waals surface area contributed by atoms with Crippen molar-refractivity contribution in [1.29, 1.82) is 0 Å². The first-order chi connectivity index (χ1) is 7.24. The molecule has 0 aromatic carbocycles. The summed E-state index contributed by atoms with van der Waals surface area (Å²) in [5, 5.41) is 0. The van der Waals surface area contributed by atoms with E-state index in [1.165, 1.54) is 19.4 Å². The maximum atomic E-state index is 5.55. The molecule has 0 aliphatic carbocycles. The first kappa shape index (κ1) is 13.2. The molecule has 1 aliphatic rings. The van der Waals surface area contributed by atoms with Crippen LogP contribution in [0.25, 0.3) is 0 Å². The van der Waals surface area contributed by atoms with Gasteiger partial charge in [0.25, 0.3) is 0 Å². The average Bonchev–Trinajstić information content (AvgIpc) is 2.59. The molecule has 1 fully saturated rings. The predicted octanol–water partition coefficient (Wildman–Crippen LogP) is 1.27. The largest absolute Gasteiger partial charge is 0.379 e. The van der Waals surface area contributed by atoms with E-state index < -0.39 is 0 Å². The third-order valence-corrected chi connectivity index (χ3v) is 2.97. The maximum absolute atomic E-state index is 5.55. The van der Waals surface area contributed by atoms with Crippen molar-refractivity contribution in [2.45, 2.75) is 18.9 Å². The highest BCUT2D eigenvalue weighted by Gasteiger charge is 2.24. The first-order valence-corrected chi connectivity index (χ1v) is 6.30. The third kappa shape index (κ3) is 5.16. The van der Waals surface area contributed by atoms with E-state index in [2.05, 4.69) is 23.9 Å². The van der Waals surface area contributed by atoms with Gasteiger partial charge in [0, 0.05) is 25.0 Å². The van der Waals surface area contributed by atoms with E-state index in [4.69, 9.17) is 16.3 Å². The van der Waals surface area contributed by atoms with E-state index >= 15 is 0 Å². The average molecular weight is 235 g/mol. The van der Waals surface area contributed by atoms with Gasteiger partial charge in [-0.2, -0.15) is 0 Å². The summed E-state index contributed by atoms with van der Waals surface area (Å²) in [7, 11) is 4.28. The van der Waals surface area contributed by atoms with Gasteiger partial charge >= 0.3 is 0 Å². The lowest BCUT2D eigenvalue weighted by Crippen LogP contribution is -2.39. The number of hydrogen-bond acceptors (Lipinski definition) is 3. The number of hydrogen-bond donors (Lipinski definition) is 0. The molecule has 0 radical (unpaired) electrons. The molecule has 0 aromatic rings. The minimum Gasteiger partial charge on any atom is -0.379 e. The summed E-state index contributed by atoms with van der Waals surface area (Å²) in [4.78, 5) is 4.80. The fraction of sp³-hybridized carbons (Fsp3) is 1.00. The molecule has 0 saturated carbocycles. The minimum absolute atomic E-state index is 0.598. The molecule has 1 atom stereocenters. The van der Waals surface area contributed by atoms with Crippen LogP contribution in [0.1, 0.15) is 12.8 Å². The molecule has 0 N–H and O–H groups in total. The van der Waals surface area contributed by atoms with Gasteiger partial charge in [-0.05, 0) is 33.5 Å². The molecule has 1 saturated heterocycles. The fourth-order valence-corrected chi connectivity index (χ4v) is 2.27. The predicted molar refractivity (Wildman–Crippen MR) is 64.7 cm³/mol. The van der Waals surface area contributed by atoms with Crippen LogP contribution >= 0.6 is 11.6 Å². The van der Waals surface area contributed by atoms with Crippen LogP contribution in [-0.2, 0) is 4.74 Å². The van der Waals surface area contributed by atoms with Crippen LogP contribution in [-0.4, -0.2) is 68.7 Å². The molecule has 0 amide bonds. The van der Waals surface area contributed by atoms with Crippen molar-refractivity contribution >= 4 is 11.6 Å². The van der Waals surface area contributed by atoms with Crippen molar-refractivity contribution in [3.63, 3.8) is 0 Å². The number of nitrogens with zero attached hydrogens (tertiary/aromatic N) is 2. The van der Waals surface area contributed by atoms with E-state index in [1.807, 2.05) is 0 Å². The van der Waals surface area contributed by atoms with E-state index in [1.54, 1.807) is 0 Å². The van der Waals surface area contributed by atoms with Crippen LogP contribution in [0, 0.1) is 0 Å². The van der Waals surface area contributed by atoms with Crippen LogP contribution in [0.4, 0.5) is 0 Å². The van der Waals surface area contributed by atoms with Gasteiger partial charge in [-0.15, -0.1) is 11.6 Å². The SMILES string of the molecule is CN(C)CC1CCCN1CCOCCCl. The molecular weight excluding hydrogens is 212 g/mol. The Morgan fingerprint density at radius 3 is 2.87 bits per heavy atom. The van der Waals surface area contributed by atoms with Gasteiger partial charge < -0.3 is 9.64 Å². The summed E-state index contributed by atoms with van der Waals surface area (Å²) in [6.45, 7) is 4.93. The summed E-state index contributed by atoms with van der Waals surface area (Å²) in [6, 6.07) is 0.722. The van der Waals surface area contributed by atoms with Gasteiger partial charge in [-0.1, -0.05) is 0 Å². The van der Waals surface area contributed by atoms with E-state index in [-0.39, 0.29) is 0 Å². The Morgan fingerprint density at radius 2 is 2.20 bits per heavy atom. The van der Waals surface area contributed by atoms with Crippen LogP contribution in [0.2, 0.25) is 0 Å². The minimum atomic E-state index is 0.598. The van der Waals surface area contributed by atoms with E-state index in [9.17, 15) is 0 Å². The number of likely N-dealkylation sites (tertiary alicyclic amines) is 1. The monoisotopic (exact) mass is 234 g/mol. The molecule has 90 valence electrons. The molecule has 1 rings (SSSR count). The van der Waals surface area contributed by atoms with Gasteiger partial charge in [0.15, 0.2) is 0 Å². The van der Waals surface area contributed by atoms with Gasteiger partial charge in [-0.3, -0.25) is 4.90 Å². The first-order valence-electron chi connectivity index (χ1n) is 5.76.